The molecule has 140 valence electrons. The van der Waals surface area contributed by atoms with E-state index in [0.29, 0.717) is 17.9 Å². The third-order valence-corrected chi connectivity index (χ3v) is 5.53. The van der Waals surface area contributed by atoms with Crippen LogP contribution in [-0.2, 0) is 4.79 Å². The maximum atomic E-state index is 12.3. The molecule has 1 aromatic carbocycles. The minimum absolute atomic E-state index is 0.179. The van der Waals surface area contributed by atoms with Crippen LogP contribution in [-0.4, -0.2) is 55.3 Å². The first-order valence-corrected chi connectivity index (χ1v) is 9.83. The van der Waals surface area contributed by atoms with E-state index in [1.807, 2.05) is 30.3 Å². The van der Waals surface area contributed by atoms with Crippen LogP contribution < -0.4 is 9.64 Å². The Morgan fingerprint density at radius 1 is 1.33 bits per heavy atom. The highest BCUT2D eigenvalue weighted by Gasteiger charge is 2.29. The molecule has 2 aliphatic rings. The predicted octanol–water partition coefficient (Wildman–Crippen LogP) is 1.34. The van der Waals surface area contributed by atoms with Crippen molar-refractivity contribution in [3.8, 4) is 11.8 Å². The van der Waals surface area contributed by atoms with Gasteiger partial charge in [-0.2, -0.15) is 10.3 Å². The van der Waals surface area contributed by atoms with Crippen LogP contribution in [0.15, 0.2) is 46.8 Å². The van der Waals surface area contributed by atoms with Crippen LogP contribution in [0.5, 0.6) is 5.75 Å². The molecule has 1 amide bonds. The van der Waals surface area contributed by atoms with Gasteiger partial charge in [-0.05, 0) is 35.5 Å². The summed E-state index contributed by atoms with van der Waals surface area (Å²) in [5.41, 5.74) is 0.944. The standard InChI is InChI=1S/C20H22N4O2S/c1-2-14-26-17-6-4-16(5-7-17)15-18-19(25)22-20(27-18)24-12-10-23(11-13-24)9-3-8-21/h2,4-7,15H,1,3,9-14H2/p+1/b18-15+. The fraction of sp³-hybridized carbons (Fsp3) is 0.350. The monoisotopic (exact) mass is 383 g/mol. The summed E-state index contributed by atoms with van der Waals surface area (Å²) < 4.78 is 5.47. The maximum Gasteiger partial charge on any atom is 0.286 e. The number of amidine groups is 1. The highest BCUT2D eigenvalue weighted by molar-refractivity contribution is 8.18. The molecule has 7 heteroatoms. The van der Waals surface area contributed by atoms with E-state index < -0.39 is 0 Å². The highest BCUT2D eigenvalue weighted by Crippen LogP contribution is 2.30. The van der Waals surface area contributed by atoms with Crippen LogP contribution in [0.25, 0.3) is 6.08 Å². The van der Waals surface area contributed by atoms with Crippen LogP contribution in [0.4, 0.5) is 0 Å². The lowest BCUT2D eigenvalue weighted by molar-refractivity contribution is -0.903. The van der Waals surface area contributed by atoms with Crippen molar-refractivity contribution in [1.82, 2.24) is 4.90 Å². The van der Waals surface area contributed by atoms with E-state index in [2.05, 4.69) is 22.5 Å². The van der Waals surface area contributed by atoms with Crippen LogP contribution in [0.2, 0.25) is 0 Å². The van der Waals surface area contributed by atoms with Gasteiger partial charge in [0.05, 0.1) is 50.1 Å². The molecule has 0 unspecified atom stereocenters. The molecule has 0 atom stereocenters. The number of nitrogens with zero attached hydrogens (tertiary/aromatic N) is 3. The predicted molar refractivity (Wildman–Crippen MR) is 108 cm³/mol. The zero-order valence-electron chi connectivity index (χ0n) is 15.2. The Balaban J connectivity index is 1.57. The Morgan fingerprint density at radius 2 is 2.07 bits per heavy atom. The molecule has 1 aromatic rings. The largest absolute Gasteiger partial charge is 0.490 e. The van der Waals surface area contributed by atoms with E-state index in [1.165, 1.54) is 16.7 Å². The van der Waals surface area contributed by atoms with Gasteiger partial charge in [0.2, 0.25) is 0 Å². The second kappa shape index (κ2) is 9.40. The van der Waals surface area contributed by atoms with Crippen LogP contribution in [0, 0.1) is 11.3 Å². The summed E-state index contributed by atoms with van der Waals surface area (Å²) in [7, 11) is 0. The number of nitriles is 1. The average Bonchev–Trinajstić information content (AvgIpc) is 3.06. The lowest BCUT2D eigenvalue weighted by Crippen LogP contribution is -3.14. The summed E-state index contributed by atoms with van der Waals surface area (Å²) in [4.78, 5) is 20.8. The number of rotatable bonds is 6. The number of quaternary nitrogens is 1. The first-order chi connectivity index (χ1) is 13.2. The van der Waals surface area contributed by atoms with Gasteiger partial charge >= 0.3 is 0 Å². The average molecular weight is 383 g/mol. The molecule has 0 saturated carbocycles. The van der Waals surface area contributed by atoms with Crippen LogP contribution in [0.3, 0.4) is 0 Å². The van der Waals surface area contributed by atoms with Crippen molar-refractivity contribution in [2.24, 2.45) is 4.99 Å². The molecule has 1 saturated heterocycles. The van der Waals surface area contributed by atoms with Gasteiger partial charge < -0.3 is 14.5 Å². The molecule has 2 heterocycles. The normalized spacial score (nSPS) is 19.1. The van der Waals surface area contributed by atoms with E-state index in [1.54, 1.807) is 6.08 Å². The van der Waals surface area contributed by atoms with Crippen molar-refractivity contribution >= 4 is 28.9 Å². The minimum Gasteiger partial charge on any atom is -0.490 e. The summed E-state index contributed by atoms with van der Waals surface area (Å²) in [6, 6.07) is 9.81. The van der Waals surface area contributed by atoms with Crippen molar-refractivity contribution in [3.05, 3.63) is 47.4 Å². The zero-order chi connectivity index (χ0) is 19.1. The van der Waals surface area contributed by atoms with Crippen LogP contribution >= 0.6 is 11.8 Å². The van der Waals surface area contributed by atoms with Gasteiger partial charge in [0.15, 0.2) is 5.17 Å². The second-order valence-electron chi connectivity index (χ2n) is 6.37. The molecule has 2 aliphatic heterocycles. The number of ether oxygens (including phenoxy) is 1. The maximum absolute atomic E-state index is 12.3. The SMILES string of the molecule is C=CCOc1ccc(/C=C2/SC(N3CC[NH+](CCC#N)CC3)=NC2=O)cc1. The van der Waals surface area contributed by atoms with Crippen molar-refractivity contribution in [2.45, 2.75) is 6.42 Å². The summed E-state index contributed by atoms with van der Waals surface area (Å²) in [5.74, 6) is 0.595. The number of carbonyl (C=O) groups is 1. The van der Waals surface area contributed by atoms with Gasteiger partial charge in [-0.15, -0.1) is 0 Å². The first-order valence-electron chi connectivity index (χ1n) is 9.01. The van der Waals surface area contributed by atoms with E-state index in [4.69, 9.17) is 10.00 Å². The Kier molecular flexibility index (Phi) is 6.69. The lowest BCUT2D eigenvalue weighted by Gasteiger charge is -2.32. The van der Waals surface area contributed by atoms with E-state index in [-0.39, 0.29) is 5.91 Å². The summed E-state index contributed by atoms with van der Waals surface area (Å²) in [6.07, 6.45) is 4.16. The van der Waals surface area contributed by atoms with Crippen molar-refractivity contribution in [3.63, 3.8) is 0 Å². The number of aliphatic imine (C=N–C) groups is 1. The van der Waals surface area contributed by atoms with Gasteiger partial charge in [-0.3, -0.25) is 4.79 Å². The fourth-order valence-electron chi connectivity index (χ4n) is 3.00. The molecule has 1 N–H and O–H groups in total. The summed E-state index contributed by atoms with van der Waals surface area (Å²) >= 11 is 1.44. The minimum atomic E-state index is -0.179. The zero-order valence-corrected chi connectivity index (χ0v) is 16.0. The molecule has 1 fully saturated rings. The van der Waals surface area contributed by atoms with Gasteiger partial charge in [0, 0.05) is 0 Å². The van der Waals surface area contributed by atoms with Crippen molar-refractivity contribution in [1.29, 1.82) is 5.26 Å². The molecule has 0 aliphatic carbocycles. The van der Waals surface area contributed by atoms with E-state index in [0.717, 1.165) is 49.2 Å². The Bertz CT molecular complexity index is 787. The Morgan fingerprint density at radius 3 is 2.74 bits per heavy atom. The van der Waals surface area contributed by atoms with Gasteiger partial charge in [0.1, 0.15) is 12.4 Å². The number of piperazine rings is 1. The van der Waals surface area contributed by atoms with Gasteiger partial charge in [-0.1, -0.05) is 24.8 Å². The molecular formula is C20H23N4O2S+. The number of benzene rings is 1. The first kappa shape index (κ1) is 19.2. The van der Waals surface area contributed by atoms with Gasteiger partial charge in [0.25, 0.3) is 5.91 Å². The second-order valence-corrected chi connectivity index (χ2v) is 7.38. The number of nitrogens with one attached hydrogen (secondary N) is 1. The summed E-state index contributed by atoms with van der Waals surface area (Å²) in [5, 5.41) is 9.49. The van der Waals surface area contributed by atoms with Crippen molar-refractivity contribution in [2.75, 3.05) is 39.3 Å². The molecule has 27 heavy (non-hydrogen) atoms. The Labute approximate surface area is 163 Å². The van der Waals surface area contributed by atoms with Crippen LogP contribution in [0.1, 0.15) is 12.0 Å². The number of carbonyl (C=O) groups excluding carboxylic acids is 1. The quantitative estimate of drug-likeness (QED) is 0.593. The van der Waals surface area contributed by atoms with Gasteiger partial charge in [-0.25, -0.2) is 0 Å². The topological polar surface area (TPSA) is 70.1 Å². The third kappa shape index (κ3) is 5.22. The highest BCUT2D eigenvalue weighted by atomic mass is 32.2. The number of thioether (sulfide) groups is 1. The fourth-order valence-corrected chi connectivity index (χ4v) is 3.96. The number of hydrogen-bond donors (Lipinski definition) is 1. The lowest BCUT2D eigenvalue weighted by atomic mass is 10.2. The molecule has 0 aromatic heterocycles. The van der Waals surface area contributed by atoms with E-state index >= 15 is 0 Å². The number of hydrogen-bond acceptors (Lipinski definition) is 5. The molecule has 3 rings (SSSR count). The molecule has 6 nitrogen and oxygen atoms in total. The molecule has 0 bridgehead atoms. The molecule has 0 spiro atoms. The summed E-state index contributed by atoms with van der Waals surface area (Å²) in [6.45, 7) is 8.66. The van der Waals surface area contributed by atoms with Crippen molar-refractivity contribution < 1.29 is 14.4 Å². The van der Waals surface area contributed by atoms with E-state index in [9.17, 15) is 4.79 Å². The molecular weight excluding hydrogens is 360 g/mol. The number of amides is 1. The molecule has 0 radical (unpaired) electrons. The smallest absolute Gasteiger partial charge is 0.286 e. The Hall–Kier alpha value is -2.56. The third-order valence-electron chi connectivity index (χ3n) is 4.49.